The molecule has 6 rings (SSSR count). The number of esters is 1. The molecule has 0 radical (unpaired) electrons. The van der Waals surface area contributed by atoms with Gasteiger partial charge in [-0.2, -0.15) is 0 Å². The molecule has 1 atom stereocenters. The lowest BCUT2D eigenvalue weighted by atomic mass is 9.95. The van der Waals surface area contributed by atoms with Gasteiger partial charge in [0, 0.05) is 49.3 Å². The van der Waals surface area contributed by atoms with E-state index in [0.29, 0.717) is 42.9 Å². The number of rotatable bonds is 7. The maximum absolute atomic E-state index is 14.3. The van der Waals surface area contributed by atoms with Crippen LogP contribution in [0.1, 0.15) is 43.5 Å². The summed E-state index contributed by atoms with van der Waals surface area (Å²) in [5.41, 5.74) is 3.92. The number of nitrogens with zero attached hydrogens (tertiary/aromatic N) is 3. The summed E-state index contributed by atoms with van der Waals surface area (Å²) < 4.78 is 16.3. The van der Waals surface area contributed by atoms with Gasteiger partial charge in [0.25, 0.3) is 5.56 Å². The van der Waals surface area contributed by atoms with Crippen LogP contribution < -0.4 is 19.6 Å². The molecule has 11 heteroatoms. The van der Waals surface area contributed by atoms with Gasteiger partial charge in [-0.1, -0.05) is 74.7 Å². The van der Waals surface area contributed by atoms with Crippen molar-refractivity contribution in [1.29, 1.82) is 0 Å². The van der Waals surface area contributed by atoms with Gasteiger partial charge in [0.15, 0.2) is 4.80 Å². The third kappa shape index (κ3) is 6.02. The summed E-state index contributed by atoms with van der Waals surface area (Å²) >= 11 is 17.5. The summed E-state index contributed by atoms with van der Waals surface area (Å²) in [5, 5.41) is 2.14. The van der Waals surface area contributed by atoms with E-state index in [-0.39, 0.29) is 17.2 Å². The number of para-hydroxylation sites is 1. The van der Waals surface area contributed by atoms with Gasteiger partial charge in [0.05, 0.1) is 29.0 Å². The van der Waals surface area contributed by atoms with Gasteiger partial charge in [-0.3, -0.25) is 9.36 Å². The number of hydrogen-bond acceptors (Lipinski definition) is 6. The highest BCUT2D eigenvalue weighted by atomic mass is 79.9. The zero-order chi connectivity index (χ0) is 32.0. The van der Waals surface area contributed by atoms with E-state index in [9.17, 15) is 9.59 Å². The largest absolute Gasteiger partial charge is 0.496 e. The molecule has 5 aromatic rings. The van der Waals surface area contributed by atoms with E-state index < -0.39 is 12.0 Å². The van der Waals surface area contributed by atoms with Crippen LogP contribution in [-0.4, -0.2) is 28.3 Å². The minimum atomic E-state index is -0.810. The van der Waals surface area contributed by atoms with Gasteiger partial charge in [-0.15, -0.1) is 0 Å². The molecule has 230 valence electrons. The molecule has 1 aliphatic rings. The summed E-state index contributed by atoms with van der Waals surface area (Å²) in [6, 6.07) is 18.2. The Hall–Kier alpha value is -3.63. The minimum absolute atomic E-state index is 0.272. The van der Waals surface area contributed by atoms with Crippen LogP contribution in [0.15, 0.2) is 92.4 Å². The highest BCUT2D eigenvalue weighted by molar-refractivity contribution is 9.10. The van der Waals surface area contributed by atoms with E-state index in [1.807, 2.05) is 60.8 Å². The van der Waals surface area contributed by atoms with Crippen LogP contribution in [0.2, 0.25) is 10.0 Å². The summed E-state index contributed by atoms with van der Waals surface area (Å²) in [4.78, 5) is 33.0. The van der Waals surface area contributed by atoms with Gasteiger partial charge in [-0.05, 0) is 68.8 Å². The average molecular weight is 725 g/mol. The number of benzene rings is 3. The van der Waals surface area contributed by atoms with Crippen molar-refractivity contribution in [2.24, 2.45) is 4.99 Å². The molecule has 3 heterocycles. The summed E-state index contributed by atoms with van der Waals surface area (Å²) in [7, 11) is 1.56. The van der Waals surface area contributed by atoms with E-state index >= 15 is 0 Å². The number of carbonyl (C=O) groups excluding carboxylic acids is 1. The van der Waals surface area contributed by atoms with Crippen LogP contribution in [0.5, 0.6) is 5.75 Å². The van der Waals surface area contributed by atoms with Crippen LogP contribution >= 0.6 is 50.5 Å². The normalized spacial score (nSPS) is 15.0. The minimum Gasteiger partial charge on any atom is -0.496 e. The second kappa shape index (κ2) is 12.6. The Morgan fingerprint density at radius 2 is 1.91 bits per heavy atom. The van der Waals surface area contributed by atoms with Gasteiger partial charge >= 0.3 is 5.97 Å². The number of methoxy groups -OCH3 is 1. The molecule has 0 bridgehead atoms. The Morgan fingerprint density at radius 3 is 2.64 bits per heavy atom. The number of thiazole rings is 1. The first kappa shape index (κ1) is 31.4. The lowest BCUT2D eigenvalue weighted by Gasteiger charge is -2.26. The van der Waals surface area contributed by atoms with Crippen LogP contribution in [-0.2, 0) is 16.1 Å². The zero-order valence-corrected chi connectivity index (χ0v) is 28.7. The van der Waals surface area contributed by atoms with Crippen molar-refractivity contribution >= 4 is 73.4 Å². The number of halogens is 3. The molecule has 0 spiro atoms. The lowest BCUT2D eigenvalue weighted by Crippen LogP contribution is -2.40. The second-order valence-corrected chi connectivity index (χ2v) is 13.7. The van der Waals surface area contributed by atoms with E-state index in [4.69, 9.17) is 37.7 Å². The Labute approximate surface area is 281 Å². The van der Waals surface area contributed by atoms with Crippen LogP contribution in [0, 0.1) is 0 Å². The number of hydrogen-bond donors (Lipinski definition) is 0. The third-order valence-corrected chi connectivity index (χ3v) is 9.60. The van der Waals surface area contributed by atoms with E-state index in [1.54, 1.807) is 44.6 Å². The highest BCUT2D eigenvalue weighted by Crippen LogP contribution is 2.37. The molecule has 7 nitrogen and oxygen atoms in total. The van der Waals surface area contributed by atoms with Crippen molar-refractivity contribution in [3.63, 3.8) is 0 Å². The first-order valence-corrected chi connectivity index (χ1v) is 16.5. The fraction of sp³-hybridized carbons (Fsp3) is 0.206. The zero-order valence-electron chi connectivity index (χ0n) is 24.8. The molecule has 0 saturated carbocycles. The molecular formula is C34H28BrCl2N3O4S. The average Bonchev–Trinajstić information content (AvgIpc) is 3.49. The molecule has 0 unspecified atom stereocenters. The highest BCUT2D eigenvalue weighted by Gasteiger charge is 2.35. The maximum atomic E-state index is 14.3. The van der Waals surface area contributed by atoms with E-state index in [0.717, 1.165) is 26.5 Å². The first-order chi connectivity index (χ1) is 21.5. The van der Waals surface area contributed by atoms with E-state index in [1.165, 1.54) is 11.3 Å². The summed E-state index contributed by atoms with van der Waals surface area (Å²) in [6.45, 7) is 5.86. The lowest BCUT2D eigenvalue weighted by molar-refractivity contribution is -0.143. The number of fused-ring (bicyclic) bond motifs is 2. The number of aromatic nitrogens is 2. The molecule has 45 heavy (non-hydrogen) atoms. The number of carbonyl (C=O) groups is 1. The molecule has 0 fully saturated rings. The monoisotopic (exact) mass is 723 g/mol. The van der Waals surface area contributed by atoms with Crippen molar-refractivity contribution in [1.82, 2.24) is 9.13 Å². The predicted octanol–water partition coefficient (Wildman–Crippen LogP) is 7.27. The second-order valence-electron chi connectivity index (χ2n) is 10.9. The smallest absolute Gasteiger partial charge is 0.338 e. The van der Waals surface area contributed by atoms with Crippen LogP contribution in [0.3, 0.4) is 0 Å². The molecule has 0 saturated heterocycles. The Kier molecular flexibility index (Phi) is 8.81. The van der Waals surface area contributed by atoms with Gasteiger partial charge < -0.3 is 14.0 Å². The van der Waals surface area contributed by atoms with Crippen molar-refractivity contribution in [2.45, 2.75) is 39.5 Å². The summed E-state index contributed by atoms with van der Waals surface area (Å²) in [5.74, 6) is 0.00254. The van der Waals surface area contributed by atoms with Gasteiger partial charge in [-0.25, -0.2) is 9.79 Å². The standard InChI is InChI=1S/C34H28BrCl2N3O4S/c1-18(2)44-33(42)30-19(3)38-34-40(31(30)25-14-22(35)10-12-28(25)43-4)32(41)29(45-34)13-21-17-39(27-8-6-5-7-24(21)27)16-20-9-11-23(36)15-26(20)37/h5-15,17-18,31H,16H2,1-4H3/b29-13-/t31-/m0/s1. The number of ether oxygens (including phenoxy) is 2. The number of allylic oxidation sites excluding steroid dienone is 1. The van der Waals surface area contributed by atoms with Crippen LogP contribution in [0.4, 0.5) is 0 Å². The van der Waals surface area contributed by atoms with Crippen LogP contribution in [0.25, 0.3) is 17.0 Å². The van der Waals surface area contributed by atoms with Crippen molar-refractivity contribution in [3.8, 4) is 5.75 Å². The van der Waals surface area contributed by atoms with Gasteiger partial charge in [0.2, 0.25) is 0 Å². The quantitative estimate of drug-likeness (QED) is 0.166. The molecule has 0 aliphatic carbocycles. The van der Waals surface area contributed by atoms with Crippen molar-refractivity contribution < 1.29 is 14.3 Å². The SMILES string of the molecule is COc1ccc(Br)cc1[C@H]1C(C(=O)OC(C)C)=C(C)N=c2s/c(=C\c3cn(Cc4ccc(Cl)cc4Cl)c4ccccc34)c(=O)n21. The maximum Gasteiger partial charge on any atom is 0.338 e. The van der Waals surface area contributed by atoms with Gasteiger partial charge in [0.1, 0.15) is 11.8 Å². The first-order valence-electron chi connectivity index (χ1n) is 14.1. The molecule has 0 N–H and O–H groups in total. The molecule has 1 aliphatic heterocycles. The molecule has 3 aromatic carbocycles. The Morgan fingerprint density at radius 1 is 1.13 bits per heavy atom. The summed E-state index contributed by atoms with van der Waals surface area (Å²) in [6.07, 6.45) is 3.54. The third-order valence-electron chi connectivity index (χ3n) is 7.53. The Balaban J connectivity index is 1.54. The molecule has 0 amide bonds. The molecule has 2 aromatic heterocycles. The fourth-order valence-electron chi connectivity index (χ4n) is 5.57. The topological polar surface area (TPSA) is 74.8 Å². The Bertz CT molecular complexity index is 2200. The van der Waals surface area contributed by atoms with Crippen molar-refractivity contribution in [2.75, 3.05) is 7.11 Å². The fourth-order valence-corrected chi connectivity index (χ4v) is 7.45. The van der Waals surface area contributed by atoms with E-state index in [2.05, 4.69) is 20.5 Å². The predicted molar refractivity (Wildman–Crippen MR) is 183 cm³/mol. The molecular weight excluding hydrogens is 697 g/mol. The van der Waals surface area contributed by atoms with Crippen molar-refractivity contribution in [3.05, 3.63) is 129 Å².